The van der Waals surface area contributed by atoms with Crippen LogP contribution in [0.25, 0.3) is 0 Å². The Bertz CT molecular complexity index is 362. The number of aliphatic hydroxyl groups is 1. The van der Waals surface area contributed by atoms with E-state index in [1.165, 1.54) is 5.56 Å². The predicted molar refractivity (Wildman–Crippen MR) is 66.3 cm³/mol. The number of fused-ring (bicyclic) bond motifs is 1. The van der Waals surface area contributed by atoms with Crippen LogP contribution in [0.4, 0.5) is 0 Å². The molecule has 0 bridgehead atoms. The fourth-order valence-electron chi connectivity index (χ4n) is 2.25. The van der Waals surface area contributed by atoms with E-state index in [1.807, 2.05) is 12.1 Å². The van der Waals surface area contributed by atoms with Crippen LogP contribution in [-0.2, 0) is 11.2 Å². The molecule has 1 aromatic rings. The molecule has 0 radical (unpaired) electrons. The molecule has 0 aliphatic carbocycles. The maximum Gasteiger partial charge on any atom is 0.128 e. The summed E-state index contributed by atoms with van der Waals surface area (Å²) in [5.74, 6) is 0.906. The highest BCUT2D eigenvalue weighted by atomic mass is 16.5. The summed E-state index contributed by atoms with van der Waals surface area (Å²) in [5, 5.41) is 10.2. The molecule has 1 aliphatic rings. The second-order valence-corrected chi connectivity index (χ2v) is 4.44. The van der Waals surface area contributed by atoms with Crippen LogP contribution in [0.15, 0.2) is 18.2 Å². The monoisotopic (exact) mass is 236 g/mol. The standard InChI is InChI=1S/C14H20O3/c1-16-9-4-8-13(15)12-7-2-5-11-6-3-10-17-14(11)12/h2,5,7,13,15H,3-4,6,8-10H2,1H3. The molecule has 0 saturated carbocycles. The lowest BCUT2D eigenvalue weighted by molar-refractivity contribution is 0.132. The summed E-state index contributed by atoms with van der Waals surface area (Å²) in [6.07, 6.45) is 3.25. The van der Waals surface area contributed by atoms with Crippen LogP contribution in [0.2, 0.25) is 0 Å². The zero-order chi connectivity index (χ0) is 12.1. The number of aliphatic hydroxyl groups excluding tert-OH is 1. The molecule has 3 nitrogen and oxygen atoms in total. The molecule has 0 fully saturated rings. The van der Waals surface area contributed by atoms with Crippen LogP contribution in [-0.4, -0.2) is 25.4 Å². The van der Waals surface area contributed by atoms with Gasteiger partial charge in [-0.2, -0.15) is 0 Å². The smallest absolute Gasteiger partial charge is 0.128 e. The average molecular weight is 236 g/mol. The van der Waals surface area contributed by atoms with Gasteiger partial charge < -0.3 is 14.6 Å². The Morgan fingerprint density at radius 2 is 2.35 bits per heavy atom. The minimum Gasteiger partial charge on any atom is -0.493 e. The molecule has 1 aliphatic heterocycles. The third kappa shape index (κ3) is 2.99. The molecule has 1 unspecified atom stereocenters. The Morgan fingerprint density at radius 1 is 1.47 bits per heavy atom. The molecular weight excluding hydrogens is 216 g/mol. The van der Waals surface area contributed by atoms with E-state index in [2.05, 4.69) is 6.07 Å². The van der Waals surface area contributed by atoms with Gasteiger partial charge in [0.2, 0.25) is 0 Å². The van der Waals surface area contributed by atoms with Gasteiger partial charge in [-0.1, -0.05) is 18.2 Å². The molecule has 3 heteroatoms. The Balaban J connectivity index is 2.09. The van der Waals surface area contributed by atoms with Gasteiger partial charge in [0.1, 0.15) is 5.75 Å². The van der Waals surface area contributed by atoms with Crippen molar-refractivity contribution in [2.24, 2.45) is 0 Å². The Morgan fingerprint density at radius 3 is 3.18 bits per heavy atom. The van der Waals surface area contributed by atoms with Crippen molar-refractivity contribution < 1.29 is 14.6 Å². The number of hydrogen-bond acceptors (Lipinski definition) is 3. The summed E-state index contributed by atoms with van der Waals surface area (Å²) in [6, 6.07) is 6.05. The molecule has 1 heterocycles. The van der Waals surface area contributed by atoms with Crippen molar-refractivity contribution in [3.63, 3.8) is 0 Å². The van der Waals surface area contributed by atoms with Gasteiger partial charge in [0.25, 0.3) is 0 Å². The first-order chi connectivity index (χ1) is 8.33. The second kappa shape index (κ2) is 6.03. The van der Waals surface area contributed by atoms with E-state index in [-0.39, 0.29) is 0 Å². The van der Waals surface area contributed by atoms with Crippen molar-refractivity contribution in [2.45, 2.75) is 31.8 Å². The number of rotatable bonds is 5. The van der Waals surface area contributed by atoms with Crippen molar-refractivity contribution in [3.05, 3.63) is 29.3 Å². The normalized spacial score (nSPS) is 16.1. The molecule has 94 valence electrons. The van der Waals surface area contributed by atoms with Crippen molar-refractivity contribution in [1.82, 2.24) is 0 Å². The first-order valence-electron chi connectivity index (χ1n) is 6.24. The van der Waals surface area contributed by atoms with Crippen molar-refractivity contribution in [3.8, 4) is 5.75 Å². The van der Waals surface area contributed by atoms with Crippen LogP contribution in [0.5, 0.6) is 5.75 Å². The quantitative estimate of drug-likeness (QED) is 0.798. The highest BCUT2D eigenvalue weighted by Gasteiger charge is 2.18. The highest BCUT2D eigenvalue weighted by Crippen LogP contribution is 2.34. The third-order valence-corrected chi connectivity index (χ3v) is 3.15. The van der Waals surface area contributed by atoms with Crippen LogP contribution < -0.4 is 4.74 Å². The number of benzene rings is 1. The van der Waals surface area contributed by atoms with Gasteiger partial charge in [-0.05, 0) is 31.2 Å². The third-order valence-electron chi connectivity index (χ3n) is 3.15. The van der Waals surface area contributed by atoms with E-state index in [4.69, 9.17) is 9.47 Å². The van der Waals surface area contributed by atoms with Gasteiger partial charge in [-0.15, -0.1) is 0 Å². The van der Waals surface area contributed by atoms with Gasteiger partial charge in [-0.3, -0.25) is 0 Å². The zero-order valence-corrected chi connectivity index (χ0v) is 10.3. The van der Waals surface area contributed by atoms with Crippen LogP contribution in [0.3, 0.4) is 0 Å². The second-order valence-electron chi connectivity index (χ2n) is 4.44. The number of ether oxygens (including phenoxy) is 2. The maximum atomic E-state index is 10.2. The van der Waals surface area contributed by atoms with E-state index >= 15 is 0 Å². The largest absolute Gasteiger partial charge is 0.493 e. The summed E-state index contributed by atoms with van der Waals surface area (Å²) in [6.45, 7) is 1.45. The van der Waals surface area contributed by atoms with Crippen molar-refractivity contribution in [1.29, 1.82) is 0 Å². The van der Waals surface area contributed by atoms with Gasteiger partial charge in [0.05, 0.1) is 12.7 Å². The average Bonchev–Trinajstić information content (AvgIpc) is 2.38. The molecule has 0 aromatic heterocycles. The van der Waals surface area contributed by atoms with E-state index in [0.717, 1.165) is 37.2 Å². The summed E-state index contributed by atoms with van der Waals surface area (Å²) >= 11 is 0. The lowest BCUT2D eigenvalue weighted by atomic mass is 9.97. The first kappa shape index (κ1) is 12.4. The Labute approximate surface area is 102 Å². The summed E-state index contributed by atoms with van der Waals surface area (Å²) < 4.78 is 10.7. The summed E-state index contributed by atoms with van der Waals surface area (Å²) in [5.41, 5.74) is 2.15. The molecule has 1 atom stereocenters. The van der Waals surface area contributed by atoms with Crippen LogP contribution in [0, 0.1) is 0 Å². The Hall–Kier alpha value is -1.06. The lowest BCUT2D eigenvalue weighted by Crippen LogP contribution is -2.12. The Kier molecular flexibility index (Phi) is 4.40. The fraction of sp³-hybridized carbons (Fsp3) is 0.571. The van der Waals surface area contributed by atoms with Gasteiger partial charge in [0, 0.05) is 19.3 Å². The van der Waals surface area contributed by atoms with Crippen LogP contribution in [0.1, 0.15) is 36.5 Å². The minimum atomic E-state index is -0.446. The summed E-state index contributed by atoms with van der Waals surface area (Å²) in [4.78, 5) is 0. The van der Waals surface area contributed by atoms with E-state index in [0.29, 0.717) is 13.0 Å². The number of hydrogen-bond donors (Lipinski definition) is 1. The molecular formula is C14H20O3. The maximum absolute atomic E-state index is 10.2. The van der Waals surface area contributed by atoms with Crippen molar-refractivity contribution in [2.75, 3.05) is 20.3 Å². The van der Waals surface area contributed by atoms with E-state index < -0.39 is 6.10 Å². The molecule has 17 heavy (non-hydrogen) atoms. The molecule has 1 N–H and O–H groups in total. The zero-order valence-electron chi connectivity index (χ0n) is 10.3. The lowest BCUT2D eigenvalue weighted by Gasteiger charge is -2.22. The highest BCUT2D eigenvalue weighted by molar-refractivity contribution is 5.43. The minimum absolute atomic E-state index is 0.446. The molecule has 2 rings (SSSR count). The number of methoxy groups -OCH3 is 1. The predicted octanol–water partition coefficient (Wildman–Crippen LogP) is 2.47. The SMILES string of the molecule is COCCCC(O)c1cccc2c1OCCC2. The van der Waals surface area contributed by atoms with E-state index in [1.54, 1.807) is 7.11 Å². The molecule has 0 spiro atoms. The van der Waals surface area contributed by atoms with Gasteiger partial charge >= 0.3 is 0 Å². The first-order valence-corrected chi connectivity index (χ1v) is 6.24. The fourth-order valence-corrected chi connectivity index (χ4v) is 2.25. The summed E-state index contributed by atoms with van der Waals surface area (Å²) in [7, 11) is 1.68. The molecule has 0 amide bonds. The van der Waals surface area contributed by atoms with E-state index in [9.17, 15) is 5.11 Å². The molecule has 1 aromatic carbocycles. The topological polar surface area (TPSA) is 38.7 Å². The van der Waals surface area contributed by atoms with Crippen LogP contribution >= 0.6 is 0 Å². The number of para-hydroxylation sites is 1. The van der Waals surface area contributed by atoms with Gasteiger partial charge in [0.15, 0.2) is 0 Å². The number of aryl methyl sites for hydroxylation is 1. The molecule has 0 saturated heterocycles. The van der Waals surface area contributed by atoms with Crippen molar-refractivity contribution >= 4 is 0 Å². The van der Waals surface area contributed by atoms with Gasteiger partial charge in [-0.25, -0.2) is 0 Å².